The lowest BCUT2D eigenvalue weighted by molar-refractivity contribution is -0.132. The number of carbonyl (C=O) groups excluding carboxylic acids is 3. The first-order valence-corrected chi connectivity index (χ1v) is 12.2. The Labute approximate surface area is 209 Å². The van der Waals surface area contributed by atoms with Gasteiger partial charge in [-0.1, -0.05) is 56.3 Å². The molecule has 0 aromatic heterocycles. The maximum atomic E-state index is 13.0. The topological polar surface area (TPSA) is 113 Å². The molecule has 0 spiro atoms. The van der Waals surface area contributed by atoms with Gasteiger partial charge < -0.3 is 21.7 Å². The van der Waals surface area contributed by atoms with Crippen LogP contribution < -0.4 is 21.7 Å². The summed E-state index contributed by atoms with van der Waals surface area (Å²) in [6, 6.07) is 15.0. The molecule has 3 amide bonds. The van der Waals surface area contributed by atoms with Gasteiger partial charge in [-0.15, -0.1) is 0 Å². The molecule has 33 heavy (non-hydrogen) atoms. The Bertz CT molecular complexity index is 919. The van der Waals surface area contributed by atoms with Crippen LogP contribution in [0.1, 0.15) is 38.3 Å². The van der Waals surface area contributed by atoms with Crippen molar-refractivity contribution in [2.45, 2.75) is 58.3 Å². The van der Waals surface area contributed by atoms with Crippen LogP contribution in [-0.2, 0) is 27.3 Å². The van der Waals surface area contributed by atoms with Crippen LogP contribution in [0.5, 0.6) is 0 Å². The lowest BCUT2D eigenvalue weighted by Gasteiger charge is -2.22. The molecule has 0 radical (unpaired) electrons. The van der Waals surface area contributed by atoms with Crippen LogP contribution in [0.2, 0.25) is 0 Å². The van der Waals surface area contributed by atoms with Crippen LogP contribution in [0.15, 0.2) is 54.6 Å². The van der Waals surface area contributed by atoms with E-state index >= 15 is 0 Å². The first-order chi connectivity index (χ1) is 15.7. The summed E-state index contributed by atoms with van der Waals surface area (Å²) in [5.41, 5.74) is 7.80. The minimum absolute atomic E-state index is 0.266. The highest BCUT2D eigenvalue weighted by Gasteiger charge is 2.26. The maximum Gasteiger partial charge on any atom is 0.243 e. The summed E-state index contributed by atoms with van der Waals surface area (Å²) in [6.07, 6.45) is 0.858. The highest BCUT2D eigenvalue weighted by molar-refractivity contribution is 14.1. The van der Waals surface area contributed by atoms with Gasteiger partial charge in [0.05, 0.1) is 6.04 Å². The van der Waals surface area contributed by atoms with E-state index in [-0.39, 0.29) is 17.7 Å². The van der Waals surface area contributed by atoms with Gasteiger partial charge in [-0.2, -0.15) is 0 Å². The molecule has 3 atom stereocenters. The number of rotatable bonds is 11. The van der Waals surface area contributed by atoms with Crippen LogP contribution >= 0.6 is 22.6 Å². The van der Waals surface area contributed by atoms with Crippen molar-refractivity contribution in [2.24, 2.45) is 11.7 Å². The summed E-state index contributed by atoms with van der Waals surface area (Å²) in [5.74, 6) is -0.845. The third-order valence-electron chi connectivity index (χ3n) is 5.11. The Morgan fingerprint density at radius 3 is 2.09 bits per heavy atom. The molecule has 178 valence electrons. The zero-order valence-electron chi connectivity index (χ0n) is 19.3. The van der Waals surface area contributed by atoms with Crippen molar-refractivity contribution in [3.05, 3.63) is 69.3 Å². The number of benzene rings is 2. The van der Waals surface area contributed by atoms with Crippen molar-refractivity contribution in [1.82, 2.24) is 16.0 Å². The minimum atomic E-state index is -0.821. The summed E-state index contributed by atoms with van der Waals surface area (Å²) in [5, 5.41) is 8.34. The molecule has 0 fully saturated rings. The van der Waals surface area contributed by atoms with E-state index in [2.05, 4.69) is 38.5 Å². The number of hydrogen-bond donors (Lipinski definition) is 4. The average Bonchev–Trinajstić information content (AvgIpc) is 2.78. The second-order valence-electron chi connectivity index (χ2n) is 8.56. The lowest BCUT2D eigenvalue weighted by Crippen LogP contribution is -2.55. The molecule has 0 aliphatic carbocycles. The van der Waals surface area contributed by atoms with E-state index in [1.54, 1.807) is 6.92 Å². The van der Waals surface area contributed by atoms with E-state index in [4.69, 9.17) is 5.73 Å². The van der Waals surface area contributed by atoms with Crippen LogP contribution in [0, 0.1) is 9.49 Å². The summed E-state index contributed by atoms with van der Waals surface area (Å²) >= 11 is 2.23. The highest BCUT2D eigenvalue weighted by Crippen LogP contribution is 2.08. The average molecular weight is 564 g/mol. The third kappa shape index (κ3) is 9.51. The molecule has 0 heterocycles. The number of halogens is 1. The predicted molar refractivity (Wildman–Crippen MR) is 138 cm³/mol. The van der Waals surface area contributed by atoms with Gasteiger partial charge in [-0.3, -0.25) is 14.4 Å². The summed E-state index contributed by atoms with van der Waals surface area (Å²) in [6.45, 7) is 5.89. The Hall–Kier alpha value is -2.46. The van der Waals surface area contributed by atoms with Gasteiger partial charge in [0.1, 0.15) is 12.1 Å². The summed E-state index contributed by atoms with van der Waals surface area (Å²) < 4.78 is 1.11. The molecule has 7 nitrogen and oxygen atoms in total. The SMILES string of the molecule is CC(C)C[C@H](N)C(=O)N[C@@H](C)C(=O)N[C@H](Cc1ccccc1)C(=O)NCc1ccc(I)cc1. The molecule has 0 unspecified atom stereocenters. The van der Waals surface area contributed by atoms with Crippen LogP contribution in [-0.4, -0.2) is 35.8 Å². The second-order valence-corrected chi connectivity index (χ2v) is 9.81. The quantitative estimate of drug-likeness (QED) is 0.314. The fourth-order valence-corrected chi connectivity index (χ4v) is 3.63. The third-order valence-corrected chi connectivity index (χ3v) is 5.83. The molecule has 5 N–H and O–H groups in total. The fourth-order valence-electron chi connectivity index (χ4n) is 3.27. The van der Waals surface area contributed by atoms with E-state index in [1.165, 1.54) is 0 Å². The van der Waals surface area contributed by atoms with Crippen molar-refractivity contribution in [2.75, 3.05) is 0 Å². The molecular formula is C25H33IN4O3. The highest BCUT2D eigenvalue weighted by atomic mass is 127. The van der Waals surface area contributed by atoms with Gasteiger partial charge in [0.2, 0.25) is 17.7 Å². The van der Waals surface area contributed by atoms with Crippen molar-refractivity contribution in [3.8, 4) is 0 Å². The Kier molecular flexibility index (Phi) is 10.8. The maximum absolute atomic E-state index is 13.0. The van der Waals surface area contributed by atoms with Gasteiger partial charge in [0.15, 0.2) is 0 Å². The molecule has 8 heteroatoms. The second kappa shape index (κ2) is 13.3. The molecular weight excluding hydrogens is 531 g/mol. The van der Waals surface area contributed by atoms with Crippen molar-refractivity contribution >= 4 is 40.3 Å². The largest absolute Gasteiger partial charge is 0.350 e. The predicted octanol–water partition coefficient (Wildman–Crippen LogP) is 2.51. The molecule has 0 aliphatic heterocycles. The smallest absolute Gasteiger partial charge is 0.243 e. The van der Waals surface area contributed by atoms with Gasteiger partial charge in [-0.05, 0) is 65.1 Å². The molecule has 2 rings (SSSR count). The number of nitrogens with one attached hydrogen (secondary N) is 3. The lowest BCUT2D eigenvalue weighted by atomic mass is 10.0. The number of hydrogen-bond acceptors (Lipinski definition) is 4. The Morgan fingerprint density at radius 1 is 0.848 bits per heavy atom. The van der Waals surface area contributed by atoms with Crippen LogP contribution in [0.3, 0.4) is 0 Å². The molecule has 0 bridgehead atoms. The van der Waals surface area contributed by atoms with E-state index in [9.17, 15) is 14.4 Å². The molecule has 0 saturated carbocycles. The zero-order chi connectivity index (χ0) is 24.4. The van der Waals surface area contributed by atoms with Crippen LogP contribution in [0.25, 0.3) is 0 Å². The molecule has 2 aromatic carbocycles. The van der Waals surface area contributed by atoms with Gasteiger partial charge in [0, 0.05) is 16.5 Å². The first kappa shape index (κ1) is 26.8. The van der Waals surface area contributed by atoms with E-state index in [0.29, 0.717) is 19.4 Å². The number of nitrogens with two attached hydrogens (primary N) is 1. The standard InChI is InChI=1S/C25H33IN4O3/c1-16(2)13-21(27)24(32)29-17(3)23(31)30-22(14-18-7-5-4-6-8-18)25(33)28-15-19-9-11-20(26)12-10-19/h4-12,16-17,21-22H,13-15,27H2,1-3H3,(H,28,33)(H,29,32)(H,30,31)/t17-,21-,22+/m0/s1. The van der Waals surface area contributed by atoms with E-state index < -0.39 is 24.0 Å². The Balaban J connectivity index is 2.02. The van der Waals surface area contributed by atoms with Crippen LogP contribution in [0.4, 0.5) is 0 Å². The molecule has 2 aromatic rings. The first-order valence-electron chi connectivity index (χ1n) is 11.1. The van der Waals surface area contributed by atoms with E-state index in [0.717, 1.165) is 14.7 Å². The van der Waals surface area contributed by atoms with Crippen molar-refractivity contribution < 1.29 is 14.4 Å². The monoisotopic (exact) mass is 564 g/mol. The molecule has 0 aliphatic rings. The fraction of sp³-hybridized carbons (Fsp3) is 0.400. The summed E-state index contributed by atoms with van der Waals surface area (Å²) in [4.78, 5) is 38.0. The normalized spacial score (nSPS) is 13.6. The van der Waals surface area contributed by atoms with Crippen molar-refractivity contribution in [3.63, 3.8) is 0 Å². The number of carbonyl (C=O) groups is 3. The summed E-state index contributed by atoms with van der Waals surface area (Å²) in [7, 11) is 0. The van der Waals surface area contributed by atoms with Gasteiger partial charge in [0.25, 0.3) is 0 Å². The molecule has 0 saturated heterocycles. The zero-order valence-corrected chi connectivity index (χ0v) is 21.5. The minimum Gasteiger partial charge on any atom is -0.350 e. The van der Waals surface area contributed by atoms with Gasteiger partial charge >= 0.3 is 0 Å². The van der Waals surface area contributed by atoms with Gasteiger partial charge in [-0.25, -0.2) is 0 Å². The van der Waals surface area contributed by atoms with Crippen molar-refractivity contribution in [1.29, 1.82) is 0 Å². The number of amides is 3. The van der Waals surface area contributed by atoms with E-state index in [1.807, 2.05) is 68.4 Å². The Morgan fingerprint density at radius 2 is 1.48 bits per heavy atom.